The van der Waals surface area contributed by atoms with Gasteiger partial charge in [0.25, 0.3) is 0 Å². The number of nitrogen functional groups attached to an aromatic ring is 1. The highest BCUT2D eigenvalue weighted by Gasteiger charge is 2.13. The maximum absolute atomic E-state index is 12.2. The maximum atomic E-state index is 12.2. The maximum Gasteiger partial charge on any atom is 0.340 e. The third-order valence-electron chi connectivity index (χ3n) is 3.62. The van der Waals surface area contributed by atoms with E-state index in [1.54, 1.807) is 12.1 Å². The predicted molar refractivity (Wildman–Crippen MR) is 85.4 cm³/mol. The first-order chi connectivity index (χ1) is 9.88. The van der Waals surface area contributed by atoms with Crippen molar-refractivity contribution in [1.29, 1.82) is 0 Å². The van der Waals surface area contributed by atoms with Gasteiger partial charge in [-0.15, -0.1) is 0 Å². The number of esters is 1. The summed E-state index contributed by atoms with van der Waals surface area (Å²) in [5, 5.41) is 0. The number of carbonyl (C=O) groups is 1. The van der Waals surface area contributed by atoms with Crippen LogP contribution in [0.25, 0.3) is 0 Å². The van der Waals surface area contributed by atoms with Crippen molar-refractivity contribution in [2.45, 2.75) is 34.3 Å². The number of hydrogen-bond donors (Lipinski definition) is 1. The smallest absolute Gasteiger partial charge is 0.340 e. The largest absolute Gasteiger partial charge is 0.457 e. The number of nitrogens with two attached hydrogens (primary N) is 1. The van der Waals surface area contributed by atoms with Crippen molar-refractivity contribution in [2.24, 2.45) is 0 Å². The molecule has 0 radical (unpaired) electrons. The molecule has 3 nitrogen and oxygen atoms in total. The molecule has 21 heavy (non-hydrogen) atoms. The first kappa shape index (κ1) is 15.1. The van der Waals surface area contributed by atoms with Crippen molar-refractivity contribution in [2.75, 3.05) is 5.73 Å². The number of rotatable bonds is 3. The Morgan fingerprint density at radius 3 is 2.24 bits per heavy atom. The van der Waals surface area contributed by atoms with E-state index in [0.29, 0.717) is 11.3 Å². The molecule has 0 spiro atoms. The molecule has 0 aliphatic heterocycles. The average Bonchev–Trinajstić information content (AvgIpc) is 2.40. The molecule has 0 unspecified atom stereocenters. The van der Waals surface area contributed by atoms with Gasteiger partial charge in [0, 0.05) is 5.69 Å². The molecule has 0 aliphatic rings. The summed E-state index contributed by atoms with van der Waals surface area (Å²) in [5.41, 5.74) is 12.2. The van der Waals surface area contributed by atoms with Crippen molar-refractivity contribution < 1.29 is 9.53 Å². The fraction of sp³-hybridized carbons (Fsp3) is 0.278. The number of hydrogen-bond acceptors (Lipinski definition) is 3. The topological polar surface area (TPSA) is 52.3 Å². The molecule has 0 heterocycles. The Kier molecular flexibility index (Phi) is 4.32. The third kappa shape index (κ3) is 3.43. The minimum atomic E-state index is -0.379. The number of ether oxygens (including phenoxy) is 1. The molecule has 110 valence electrons. The lowest BCUT2D eigenvalue weighted by atomic mass is 10.0. The second kappa shape index (κ2) is 6.00. The van der Waals surface area contributed by atoms with Crippen molar-refractivity contribution in [3.8, 4) is 0 Å². The second-order valence-electron chi connectivity index (χ2n) is 5.54. The van der Waals surface area contributed by atoms with E-state index >= 15 is 0 Å². The summed E-state index contributed by atoms with van der Waals surface area (Å²) in [7, 11) is 0. The highest BCUT2D eigenvalue weighted by Crippen LogP contribution is 2.20. The van der Waals surface area contributed by atoms with Crippen LogP contribution in [-0.4, -0.2) is 5.97 Å². The predicted octanol–water partition coefficient (Wildman–Crippen LogP) is 3.86. The van der Waals surface area contributed by atoms with Crippen LogP contribution in [0.2, 0.25) is 0 Å². The van der Waals surface area contributed by atoms with E-state index in [4.69, 9.17) is 10.5 Å². The lowest BCUT2D eigenvalue weighted by Gasteiger charge is -2.13. The van der Waals surface area contributed by atoms with Gasteiger partial charge in [-0.1, -0.05) is 29.3 Å². The highest BCUT2D eigenvalue weighted by atomic mass is 16.5. The Morgan fingerprint density at radius 2 is 1.62 bits per heavy atom. The fourth-order valence-corrected chi connectivity index (χ4v) is 2.50. The fourth-order valence-electron chi connectivity index (χ4n) is 2.50. The molecule has 0 atom stereocenters. The monoisotopic (exact) mass is 283 g/mol. The van der Waals surface area contributed by atoms with E-state index < -0.39 is 0 Å². The molecular formula is C18H21NO2. The molecule has 0 aliphatic carbocycles. The van der Waals surface area contributed by atoms with Gasteiger partial charge in [-0.2, -0.15) is 0 Å². The molecule has 0 saturated carbocycles. The number of benzene rings is 2. The molecule has 0 fully saturated rings. The zero-order valence-corrected chi connectivity index (χ0v) is 13.0. The molecule has 2 aromatic carbocycles. The van der Waals surface area contributed by atoms with Crippen LogP contribution in [-0.2, 0) is 11.3 Å². The van der Waals surface area contributed by atoms with Gasteiger partial charge in [-0.05, 0) is 56.5 Å². The van der Waals surface area contributed by atoms with Crippen molar-refractivity contribution in [1.82, 2.24) is 0 Å². The van der Waals surface area contributed by atoms with E-state index in [1.165, 1.54) is 5.56 Å². The highest BCUT2D eigenvalue weighted by molar-refractivity contribution is 5.95. The van der Waals surface area contributed by atoms with Crippen molar-refractivity contribution in [3.63, 3.8) is 0 Å². The zero-order chi connectivity index (χ0) is 15.6. The van der Waals surface area contributed by atoms with Gasteiger partial charge in [0.2, 0.25) is 0 Å². The molecule has 2 aromatic rings. The van der Waals surface area contributed by atoms with Crippen LogP contribution < -0.4 is 5.73 Å². The van der Waals surface area contributed by atoms with Crippen LogP contribution in [0.4, 0.5) is 5.69 Å². The molecule has 3 heteroatoms. The quantitative estimate of drug-likeness (QED) is 0.687. The first-order valence-electron chi connectivity index (χ1n) is 6.98. The molecule has 2 N–H and O–H groups in total. The lowest BCUT2D eigenvalue weighted by Crippen LogP contribution is -2.10. The molecule has 0 aromatic heterocycles. The number of anilines is 1. The van der Waals surface area contributed by atoms with Crippen LogP contribution in [0.15, 0.2) is 30.3 Å². The zero-order valence-electron chi connectivity index (χ0n) is 13.0. The molecule has 0 bridgehead atoms. The summed E-state index contributed by atoms with van der Waals surface area (Å²) in [6, 6.07) is 9.55. The summed E-state index contributed by atoms with van der Waals surface area (Å²) in [6.45, 7) is 8.31. The van der Waals surface area contributed by atoms with Gasteiger partial charge in [-0.25, -0.2) is 4.79 Å². The molecule has 0 saturated heterocycles. The van der Waals surface area contributed by atoms with E-state index in [2.05, 4.69) is 19.1 Å². The van der Waals surface area contributed by atoms with E-state index in [0.717, 1.165) is 22.3 Å². The van der Waals surface area contributed by atoms with Gasteiger partial charge in [-0.3, -0.25) is 0 Å². The molecule has 2 rings (SSSR count). The second-order valence-corrected chi connectivity index (χ2v) is 5.54. The normalized spacial score (nSPS) is 10.5. The molecular weight excluding hydrogens is 262 g/mol. The lowest BCUT2D eigenvalue weighted by molar-refractivity contribution is 0.0472. The minimum absolute atomic E-state index is 0.268. The van der Waals surface area contributed by atoms with E-state index in [-0.39, 0.29) is 12.6 Å². The van der Waals surface area contributed by atoms with E-state index in [9.17, 15) is 4.79 Å². The van der Waals surface area contributed by atoms with Crippen LogP contribution in [0.1, 0.15) is 38.2 Å². The third-order valence-corrected chi connectivity index (χ3v) is 3.62. The Hall–Kier alpha value is -2.29. The Bertz CT molecular complexity index is 667. The SMILES string of the molecule is Cc1cc(C)c(COC(=O)c2cc(C)ccc2N)c(C)c1. The van der Waals surface area contributed by atoms with Gasteiger partial charge >= 0.3 is 5.97 Å². The van der Waals surface area contributed by atoms with E-state index in [1.807, 2.05) is 26.8 Å². The van der Waals surface area contributed by atoms with Gasteiger partial charge in [0.1, 0.15) is 6.61 Å². The standard InChI is InChI=1S/C18H21NO2/c1-11-5-6-17(19)15(9-11)18(20)21-10-16-13(3)7-12(2)8-14(16)4/h5-9H,10,19H2,1-4H3. The molecule has 0 amide bonds. The van der Waals surface area contributed by atoms with Crippen LogP contribution in [0.5, 0.6) is 0 Å². The summed E-state index contributed by atoms with van der Waals surface area (Å²) < 4.78 is 5.43. The summed E-state index contributed by atoms with van der Waals surface area (Å²) in [4.78, 5) is 12.2. The summed E-state index contributed by atoms with van der Waals surface area (Å²) >= 11 is 0. The van der Waals surface area contributed by atoms with Crippen molar-refractivity contribution in [3.05, 3.63) is 63.7 Å². The van der Waals surface area contributed by atoms with Gasteiger partial charge in [0.05, 0.1) is 5.56 Å². The van der Waals surface area contributed by atoms with Crippen LogP contribution in [0, 0.1) is 27.7 Å². The number of carbonyl (C=O) groups excluding carboxylic acids is 1. The Labute approximate surface area is 125 Å². The Morgan fingerprint density at radius 1 is 1.00 bits per heavy atom. The van der Waals surface area contributed by atoms with Crippen LogP contribution in [0.3, 0.4) is 0 Å². The Balaban J connectivity index is 2.17. The van der Waals surface area contributed by atoms with Gasteiger partial charge in [0.15, 0.2) is 0 Å². The summed E-state index contributed by atoms with van der Waals surface area (Å²) in [6.07, 6.45) is 0. The first-order valence-corrected chi connectivity index (χ1v) is 6.98. The summed E-state index contributed by atoms with van der Waals surface area (Å²) in [5.74, 6) is -0.379. The minimum Gasteiger partial charge on any atom is -0.457 e. The van der Waals surface area contributed by atoms with Crippen LogP contribution >= 0.6 is 0 Å². The number of aryl methyl sites for hydroxylation is 4. The van der Waals surface area contributed by atoms with Crippen molar-refractivity contribution >= 4 is 11.7 Å². The van der Waals surface area contributed by atoms with Gasteiger partial charge < -0.3 is 10.5 Å². The average molecular weight is 283 g/mol.